The first kappa shape index (κ1) is 18.7. The van der Waals surface area contributed by atoms with E-state index in [-0.39, 0.29) is 11.9 Å². The lowest BCUT2D eigenvalue weighted by Gasteiger charge is -2.29. The molecule has 0 saturated heterocycles. The van der Waals surface area contributed by atoms with Crippen LogP contribution >= 0.6 is 0 Å². The molecule has 6 heteroatoms. The van der Waals surface area contributed by atoms with Crippen molar-refractivity contribution >= 4 is 17.4 Å². The van der Waals surface area contributed by atoms with Crippen molar-refractivity contribution in [2.45, 2.75) is 64.5 Å². The number of fused-ring (bicyclic) bond motifs is 1. The molecule has 6 nitrogen and oxygen atoms in total. The van der Waals surface area contributed by atoms with Gasteiger partial charge in [-0.15, -0.1) is 0 Å². The Hall–Kier alpha value is -2.08. The van der Waals surface area contributed by atoms with Crippen LogP contribution in [0.3, 0.4) is 0 Å². The van der Waals surface area contributed by atoms with Crippen molar-refractivity contribution in [2.24, 2.45) is 0 Å². The molecule has 3 rings (SSSR count). The van der Waals surface area contributed by atoms with Crippen molar-refractivity contribution in [3.05, 3.63) is 29.6 Å². The molecule has 0 unspecified atom stereocenters. The Morgan fingerprint density at radius 1 is 1.35 bits per heavy atom. The summed E-state index contributed by atoms with van der Waals surface area (Å²) in [6.07, 6.45) is 8.54. The molecule has 0 spiro atoms. The van der Waals surface area contributed by atoms with Crippen molar-refractivity contribution in [1.29, 1.82) is 0 Å². The van der Waals surface area contributed by atoms with Crippen molar-refractivity contribution in [3.63, 3.8) is 0 Å². The minimum absolute atomic E-state index is 0.0389. The van der Waals surface area contributed by atoms with E-state index in [1.807, 2.05) is 36.7 Å². The molecule has 0 aliphatic heterocycles. The largest absolute Gasteiger partial charge is 0.378 e. The highest BCUT2D eigenvalue weighted by Gasteiger charge is 2.24. The van der Waals surface area contributed by atoms with Gasteiger partial charge in [0.25, 0.3) is 5.91 Å². The average molecular weight is 358 g/mol. The standard InChI is InChI=1S/C20H30N4O2/c1-4-5-12-26-16-8-6-15(7-9-16)22-20(25)17-10-11-24-14(2)13-18(21-3)23-19(17)24/h10-11,13,15-16H,4-9,12H2,1-3H3,(H,21,23)(H,22,25). The minimum atomic E-state index is -0.0389. The number of amides is 1. The fraction of sp³-hybridized carbons (Fsp3) is 0.600. The number of hydrogen-bond acceptors (Lipinski definition) is 4. The van der Waals surface area contributed by atoms with Crippen LogP contribution in [0.25, 0.3) is 5.65 Å². The fourth-order valence-electron chi connectivity index (χ4n) is 3.57. The second-order valence-corrected chi connectivity index (χ2v) is 7.13. The third kappa shape index (κ3) is 4.18. The Kier molecular flexibility index (Phi) is 6.14. The molecule has 0 bridgehead atoms. The highest BCUT2D eigenvalue weighted by atomic mass is 16.5. The van der Waals surface area contributed by atoms with E-state index in [1.165, 1.54) is 6.42 Å². The number of carbonyl (C=O) groups is 1. The minimum Gasteiger partial charge on any atom is -0.378 e. The van der Waals surface area contributed by atoms with Crippen LogP contribution in [0.5, 0.6) is 0 Å². The zero-order valence-corrected chi connectivity index (χ0v) is 16.0. The molecule has 2 heterocycles. The van der Waals surface area contributed by atoms with Crippen LogP contribution in [0, 0.1) is 6.92 Å². The molecule has 142 valence electrons. The van der Waals surface area contributed by atoms with Gasteiger partial charge >= 0.3 is 0 Å². The maximum atomic E-state index is 12.8. The molecule has 0 aromatic carbocycles. The maximum Gasteiger partial charge on any atom is 0.255 e. The van der Waals surface area contributed by atoms with Gasteiger partial charge in [-0.1, -0.05) is 13.3 Å². The summed E-state index contributed by atoms with van der Waals surface area (Å²) < 4.78 is 7.86. The Morgan fingerprint density at radius 3 is 2.81 bits per heavy atom. The summed E-state index contributed by atoms with van der Waals surface area (Å²) in [6.45, 7) is 5.04. The van der Waals surface area contributed by atoms with E-state index in [2.05, 4.69) is 22.5 Å². The summed E-state index contributed by atoms with van der Waals surface area (Å²) in [4.78, 5) is 17.3. The van der Waals surface area contributed by atoms with E-state index >= 15 is 0 Å². The van der Waals surface area contributed by atoms with Gasteiger partial charge in [-0.25, -0.2) is 4.98 Å². The smallest absolute Gasteiger partial charge is 0.255 e. The summed E-state index contributed by atoms with van der Waals surface area (Å²) >= 11 is 0. The topological polar surface area (TPSA) is 67.7 Å². The van der Waals surface area contributed by atoms with Gasteiger partial charge in [0.2, 0.25) is 0 Å². The zero-order chi connectivity index (χ0) is 18.5. The summed E-state index contributed by atoms with van der Waals surface area (Å²) in [5, 5.41) is 6.24. The van der Waals surface area contributed by atoms with Crippen LogP contribution < -0.4 is 10.6 Å². The number of ether oxygens (including phenoxy) is 1. The highest BCUT2D eigenvalue weighted by Crippen LogP contribution is 2.23. The van der Waals surface area contributed by atoms with E-state index in [4.69, 9.17) is 4.74 Å². The summed E-state index contributed by atoms with van der Waals surface area (Å²) in [6, 6.07) is 4.04. The maximum absolute atomic E-state index is 12.8. The summed E-state index contributed by atoms with van der Waals surface area (Å²) in [5.74, 6) is 0.732. The number of rotatable bonds is 7. The average Bonchev–Trinajstić information content (AvgIpc) is 3.08. The number of hydrogen-bond donors (Lipinski definition) is 2. The van der Waals surface area contributed by atoms with Crippen LogP contribution in [-0.2, 0) is 4.74 Å². The van der Waals surface area contributed by atoms with E-state index in [9.17, 15) is 4.79 Å². The molecule has 0 atom stereocenters. The number of nitrogens with one attached hydrogen (secondary N) is 2. The van der Waals surface area contributed by atoms with Crippen molar-refractivity contribution in [1.82, 2.24) is 14.7 Å². The number of aryl methyl sites for hydroxylation is 1. The first-order valence-corrected chi connectivity index (χ1v) is 9.71. The Bertz CT molecular complexity index is 748. The van der Waals surface area contributed by atoms with Crippen molar-refractivity contribution in [2.75, 3.05) is 19.0 Å². The van der Waals surface area contributed by atoms with Crippen LogP contribution in [0.2, 0.25) is 0 Å². The molecule has 2 aromatic rings. The van der Waals surface area contributed by atoms with E-state index in [1.54, 1.807) is 0 Å². The Morgan fingerprint density at radius 2 is 2.12 bits per heavy atom. The first-order valence-electron chi connectivity index (χ1n) is 9.71. The quantitative estimate of drug-likeness (QED) is 0.743. The number of unbranched alkanes of at least 4 members (excludes halogenated alkanes) is 1. The monoisotopic (exact) mass is 358 g/mol. The molecule has 1 amide bonds. The highest BCUT2D eigenvalue weighted by molar-refractivity contribution is 6.00. The number of carbonyl (C=O) groups excluding carboxylic acids is 1. The number of nitrogens with zero attached hydrogens (tertiary/aromatic N) is 2. The van der Waals surface area contributed by atoms with E-state index in [0.29, 0.717) is 17.3 Å². The zero-order valence-electron chi connectivity index (χ0n) is 16.0. The van der Waals surface area contributed by atoms with Crippen LogP contribution in [0.4, 0.5) is 5.82 Å². The van der Waals surface area contributed by atoms with Gasteiger partial charge in [-0.2, -0.15) is 0 Å². The molecule has 1 saturated carbocycles. The second-order valence-electron chi connectivity index (χ2n) is 7.13. The predicted molar refractivity (Wildman–Crippen MR) is 104 cm³/mol. The lowest BCUT2D eigenvalue weighted by molar-refractivity contribution is 0.0209. The third-order valence-electron chi connectivity index (χ3n) is 5.17. The Balaban J connectivity index is 1.61. The summed E-state index contributed by atoms with van der Waals surface area (Å²) in [7, 11) is 1.84. The molecule has 1 fully saturated rings. The molecule has 26 heavy (non-hydrogen) atoms. The molecule has 2 N–H and O–H groups in total. The van der Waals surface area contributed by atoms with Gasteiger partial charge in [0, 0.05) is 37.7 Å². The van der Waals surface area contributed by atoms with Gasteiger partial charge in [0.1, 0.15) is 5.82 Å². The summed E-state index contributed by atoms with van der Waals surface area (Å²) in [5.41, 5.74) is 2.37. The molecular formula is C20H30N4O2. The molecule has 2 aromatic heterocycles. The van der Waals surface area contributed by atoms with Crippen LogP contribution in [0.1, 0.15) is 61.5 Å². The van der Waals surface area contributed by atoms with Crippen LogP contribution in [0.15, 0.2) is 18.3 Å². The van der Waals surface area contributed by atoms with E-state index < -0.39 is 0 Å². The lowest BCUT2D eigenvalue weighted by Crippen LogP contribution is -2.39. The lowest BCUT2D eigenvalue weighted by atomic mass is 9.92. The predicted octanol–water partition coefficient (Wildman–Crippen LogP) is 3.54. The van der Waals surface area contributed by atoms with Crippen molar-refractivity contribution in [3.8, 4) is 0 Å². The van der Waals surface area contributed by atoms with Gasteiger partial charge in [0.05, 0.1) is 11.7 Å². The molecule has 1 aliphatic rings. The van der Waals surface area contributed by atoms with Gasteiger partial charge < -0.3 is 19.8 Å². The fourth-order valence-corrected chi connectivity index (χ4v) is 3.57. The molecule has 0 radical (unpaired) electrons. The first-order chi connectivity index (χ1) is 12.6. The van der Waals surface area contributed by atoms with Gasteiger partial charge in [0.15, 0.2) is 5.65 Å². The molecule has 1 aliphatic carbocycles. The number of aromatic nitrogens is 2. The molecular weight excluding hydrogens is 328 g/mol. The Labute approximate surface area is 155 Å². The van der Waals surface area contributed by atoms with Crippen molar-refractivity contribution < 1.29 is 9.53 Å². The SMILES string of the molecule is CCCCOC1CCC(NC(=O)c2ccn3c(C)cc(NC)nc23)CC1. The van der Waals surface area contributed by atoms with E-state index in [0.717, 1.165) is 50.2 Å². The van der Waals surface area contributed by atoms with Gasteiger partial charge in [-0.3, -0.25) is 4.79 Å². The third-order valence-corrected chi connectivity index (χ3v) is 5.17. The number of anilines is 1. The van der Waals surface area contributed by atoms with Gasteiger partial charge in [-0.05, 0) is 45.1 Å². The second kappa shape index (κ2) is 8.54. The normalized spacial score (nSPS) is 20.3. The van der Waals surface area contributed by atoms with Crippen LogP contribution in [-0.4, -0.2) is 41.1 Å².